The van der Waals surface area contributed by atoms with Gasteiger partial charge in [0.25, 0.3) is 0 Å². The van der Waals surface area contributed by atoms with Gasteiger partial charge < -0.3 is 9.64 Å². The first kappa shape index (κ1) is 23.8. The average molecular weight is 454 g/mol. The monoisotopic (exact) mass is 453 g/mol. The number of amides is 1. The van der Waals surface area contributed by atoms with Crippen LogP contribution in [0.1, 0.15) is 50.3 Å². The number of hydrogen-bond acceptors (Lipinski definition) is 2. The molecule has 1 amide bonds. The Bertz CT molecular complexity index is 1050. The van der Waals surface area contributed by atoms with Crippen LogP contribution in [-0.4, -0.2) is 23.6 Å². The van der Waals surface area contributed by atoms with Gasteiger partial charge in [-0.25, -0.2) is 4.79 Å². The van der Waals surface area contributed by atoms with Gasteiger partial charge in [0, 0.05) is 12.0 Å². The minimum Gasteiger partial charge on any atom is -0.445 e. The molecule has 3 heteroatoms. The van der Waals surface area contributed by atoms with Crippen molar-refractivity contribution in [1.82, 2.24) is 4.90 Å². The van der Waals surface area contributed by atoms with E-state index in [9.17, 15) is 4.79 Å². The quantitative estimate of drug-likeness (QED) is 0.349. The molecular weight excluding hydrogens is 418 g/mol. The van der Waals surface area contributed by atoms with Crippen LogP contribution in [-0.2, 0) is 16.8 Å². The number of carbonyl (C=O) groups is 1. The molecular formula is C31H35NO2. The second-order valence-corrected chi connectivity index (χ2v) is 9.86. The zero-order valence-electron chi connectivity index (χ0n) is 20.5. The summed E-state index contributed by atoms with van der Waals surface area (Å²) >= 11 is 0. The van der Waals surface area contributed by atoms with Crippen molar-refractivity contribution in [2.24, 2.45) is 5.92 Å². The van der Waals surface area contributed by atoms with E-state index >= 15 is 0 Å². The van der Waals surface area contributed by atoms with Crippen LogP contribution in [0.2, 0.25) is 0 Å². The summed E-state index contributed by atoms with van der Waals surface area (Å²) in [6, 6.07) is 31.1. The molecule has 1 unspecified atom stereocenters. The third kappa shape index (κ3) is 5.41. The van der Waals surface area contributed by atoms with Crippen molar-refractivity contribution >= 4 is 6.09 Å². The first-order valence-corrected chi connectivity index (χ1v) is 12.2. The lowest BCUT2D eigenvalue weighted by atomic mass is 9.73. The molecule has 3 aromatic rings. The lowest BCUT2D eigenvalue weighted by Crippen LogP contribution is -2.37. The molecule has 3 nitrogen and oxygen atoms in total. The maximum atomic E-state index is 13.5. The van der Waals surface area contributed by atoms with Crippen molar-refractivity contribution < 1.29 is 9.53 Å². The van der Waals surface area contributed by atoms with Gasteiger partial charge in [0.15, 0.2) is 0 Å². The molecule has 1 aliphatic heterocycles. The molecule has 1 heterocycles. The highest BCUT2D eigenvalue weighted by molar-refractivity contribution is 5.70. The molecule has 176 valence electrons. The molecule has 1 saturated heterocycles. The van der Waals surface area contributed by atoms with E-state index in [0.717, 1.165) is 18.4 Å². The SMILES string of the molecule is C/C(=C/C1CC(c2ccccc2)(c2ccccc2)CN1C(=O)OCc1ccccc1)CC(C)C. The fraction of sp³-hybridized carbons (Fsp3) is 0.323. The van der Waals surface area contributed by atoms with E-state index in [4.69, 9.17) is 4.74 Å². The van der Waals surface area contributed by atoms with E-state index in [-0.39, 0.29) is 24.2 Å². The maximum Gasteiger partial charge on any atom is 0.410 e. The molecule has 0 spiro atoms. The molecule has 0 aromatic heterocycles. The van der Waals surface area contributed by atoms with Gasteiger partial charge in [0.1, 0.15) is 6.61 Å². The number of likely N-dealkylation sites (tertiary alicyclic amines) is 1. The molecule has 0 N–H and O–H groups in total. The van der Waals surface area contributed by atoms with Crippen LogP contribution in [0.15, 0.2) is 103 Å². The van der Waals surface area contributed by atoms with Crippen LogP contribution in [0.3, 0.4) is 0 Å². The summed E-state index contributed by atoms with van der Waals surface area (Å²) in [4.78, 5) is 15.4. The van der Waals surface area contributed by atoms with E-state index in [1.54, 1.807) is 0 Å². The molecule has 34 heavy (non-hydrogen) atoms. The number of ether oxygens (including phenoxy) is 1. The predicted octanol–water partition coefficient (Wildman–Crippen LogP) is 7.38. The number of hydrogen-bond donors (Lipinski definition) is 0. The van der Waals surface area contributed by atoms with Crippen molar-refractivity contribution in [3.8, 4) is 0 Å². The molecule has 3 aromatic carbocycles. The van der Waals surface area contributed by atoms with Gasteiger partial charge in [-0.2, -0.15) is 0 Å². The highest BCUT2D eigenvalue weighted by Gasteiger charge is 2.48. The fourth-order valence-electron chi connectivity index (χ4n) is 5.23. The minimum absolute atomic E-state index is 0.0255. The number of rotatable bonds is 7. The first-order chi connectivity index (χ1) is 16.5. The third-order valence-corrected chi connectivity index (χ3v) is 6.70. The summed E-state index contributed by atoms with van der Waals surface area (Å²) in [7, 11) is 0. The standard InChI is InChI=1S/C31H35NO2/c1-24(2)19-25(3)20-29-21-31(27-15-9-5-10-16-27,28-17-11-6-12-18-28)23-32(29)30(33)34-22-26-13-7-4-8-14-26/h4-18,20,24,29H,19,21-23H2,1-3H3/b25-20-. The van der Waals surface area contributed by atoms with Gasteiger partial charge in [-0.1, -0.05) is 116 Å². The molecule has 1 atom stereocenters. The van der Waals surface area contributed by atoms with Gasteiger partial charge in [-0.05, 0) is 42.4 Å². The molecule has 0 aliphatic carbocycles. The van der Waals surface area contributed by atoms with Crippen LogP contribution < -0.4 is 0 Å². The van der Waals surface area contributed by atoms with E-state index < -0.39 is 0 Å². The zero-order valence-corrected chi connectivity index (χ0v) is 20.5. The third-order valence-electron chi connectivity index (χ3n) is 6.70. The summed E-state index contributed by atoms with van der Waals surface area (Å²) in [6.45, 7) is 7.51. The lowest BCUT2D eigenvalue weighted by molar-refractivity contribution is 0.0962. The topological polar surface area (TPSA) is 29.5 Å². The largest absolute Gasteiger partial charge is 0.445 e. The Balaban J connectivity index is 1.69. The van der Waals surface area contributed by atoms with Crippen LogP contribution in [0.25, 0.3) is 0 Å². The van der Waals surface area contributed by atoms with Crippen LogP contribution in [0.5, 0.6) is 0 Å². The van der Waals surface area contributed by atoms with Gasteiger partial charge in [0.05, 0.1) is 6.04 Å². The molecule has 0 radical (unpaired) electrons. The van der Waals surface area contributed by atoms with Crippen LogP contribution in [0.4, 0.5) is 4.79 Å². The normalized spacial score (nSPS) is 17.7. The summed E-state index contributed by atoms with van der Waals surface area (Å²) in [5.41, 5.74) is 4.50. The Morgan fingerprint density at radius 2 is 1.47 bits per heavy atom. The Hall–Kier alpha value is -3.33. The van der Waals surface area contributed by atoms with Crippen molar-refractivity contribution in [1.29, 1.82) is 0 Å². The van der Waals surface area contributed by atoms with E-state index in [0.29, 0.717) is 12.5 Å². The molecule has 4 rings (SSSR count). The van der Waals surface area contributed by atoms with Gasteiger partial charge in [-0.15, -0.1) is 0 Å². The minimum atomic E-state index is -0.284. The molecule has 1 aliphatic rings. The smallest absolute Gasteiger partial charge is 0.410 e. The Morgan fingerprint density at radius 1 is 0.941 bits per heavy atom. The van der Waals surface area contributed by atoms with Crippen molar-refractivity contribution in [2.45, 2.75) is 51.7 Å². The molecule has 1 fully saturated rings. The Morgan fingerprint density at radius 3 is 2.00 bits per heavy atom. The second kappa shape index (κ2) is 10.7. The van der Waals surface area contributed by atoms with E-state index in [1.165, 1.54) is 16.7 Å². The number of benzene rings is 3. The molecule has 0 bridgehead atoms. The fourth-order valence-corrected chi connectivity index (χ4v) is 5.23. The summed E-state index contributed by atoms with van der Waals surface area (Å²) in [5, 5.41) is 0. The summed E-state index contributed by atoms with van der Waals surface area (Å²) in [5.74, 6) is 0.573. The van der Waals surface area contributed by atoms with Gasteiger partial charge in [-0.3, -0.25) is 0 Å². The Kier molecular flexibility index (Phi) is 7.52. The number of allylic oxidation sites excluding steroid dienone is 1. The zero-order chi connectivity index (χ0) is 24.0. The van der Waals surface area contributed by atoms with Crippen LogP contribution >= 0.6 is 0 Å². The summed E-state index contributed by atoms with van der Waals surface area (Å²) in [6.07, 6.45) is 3.89. The van der Waals surface area contributed by atoms with Gasteiger partial charge >= 0.3 is 6.09 Å². The van der Waals surface area contributed by atoms with Crippen molar-refractivity contribution in [2.75, 3.05) is 6.54 Å². The summed E-state index contributed by atoms with van der Waals surface area (Å²) < 4.78 is 5.83. The lowest BCUT2D eigenvalue weighted by Gasteiger charge is -2.30. The highest BCUT2D eigenvalue weighted by atomic mass is 16.6. The van der Waals surface area contributed by atoms with Crippen LogP contribution in [0, 0.1) is 5.92 Å². The number of nitrogens with zero attached hydrogens (tertiary/aromatic N) is 1. The molecule has 0 saturated carbocycles. The second-order valence-electron chi connectivity index (χ2n) is 9.86. The van der Waals surface area contributed by atoms with Gasteiger partial charge in [0.2, 0.25) is 0 Å². The number of carbonyl (C=O) groups excluding carboxylic acids is 1. The van der Waals surface area contributed by atoms with Crippen molar-refractivity contribution in [3.05, 3.63) is 119 Å². The Labute approximate surface area is 204 Å². The average Bonchev–Trinajstić information content (AvgIpc) is 3.24. The van der Waals surface area contributed by atoms with E-state index in [2.05, 4.69) is 75.4 Å². The van der Waals surface area contributed by atoms with Crippen molar-refractivity contribution in [3.63, 3.8) is 0 Å². The highest BCUT2D eigenvalue weighted by Crippen LogP contribution is 2.44. The first-order valence-electron chi connectivity index (χ1n) is 12.2. The van der Waals surface area contributed by atoms with E-state index in [1.807, 2.05) is 47.4 Å². The maximum absolute atomic E-state index is 13.5. The predicted molar refractivity (Wildman–Crippen MR) is 139 cm³/mol.